The number of hydrogen-bond acceptors (Lipinski definition) is 3. The van der Waals surface area contributed by atoms with Gasteiger partial charge in [-0.3, -0.25) is 0 Å². The van der Waals surface area contributed by atoms with E-state index in [9.17, 15) is 4.79 Å². The topological polar surface area (TPSA) is 68.2 Å². The van der Waals surface area contributed by atoms with Crippen LogP contribution in [0.5, 0.6) is 0 Å². The molecule has 148 valence electrons. The molecule has 5 rings (SSSR count). The Morgan fingerprint density at radius 2 is 1.93 bits per heavy atom. The third kappa shape index (κ3) is 3.20. The van der Waals surface area contributed by atoms with Gasteiger partial charge in [0.1, 0.15) is 11.9 Å². The lowest BCUT2D eigenvalue weighted by Crippen LogP contribution is -2.42. The highest BCUT2D eigenvalue weighted by atomic mass is 16.5. The van der Waals surface area contributed by atoms with E-state index in [2.05, 4.69) is 21.7 Å². The van der Waals surface area contributed by atoms with Crippen molar-refractivity contribution >= 4 is 11.7 Å². The number of urea groups is 1. The van der Waals surface area contributed by atoms with Crippen molar-refractivity contribution in [2.24, 2.45) is 7.05 Å². The van der Waals surface area contributed by atoms with Gasteiger partial charge in [0, 0.05) is 44.2 Å². The molecule has 2 N–H and O–H groups in total. The van der Waals surface area contributed by atoms with Crippen LogP contribution < -0.4 is 10.6 Å². The molecule has 28 heavy (non-hydrogen) atoms. The Labute approximate surface area is 165 Å². The molecule has 0 spiro atoms. The molecule has 2 heterocycles. The number of imidazole rings is 1. The number of benzene rings is 1. The van der Waals surface area contributed by atoms with Crippen LogP contribution in [0.1, 0.15) is 59.9 Å². The molecule has 1 aromatic heterocycles. The average molecular weight is 380 g/mol. The van der Waals surface area contributed by atoms with Gasteiger partial charge < -0.3 is 19.9 Å². The predicted molar refractivity (Wildman–Crippen MR) is 108 cm³/mol. The van der Waals surface area contributed by atoms with E-state index in [1.54, 1.807) is 6.20 Å². The van der Waals surface area contributed by atoms with Gasteiger partial charge in [-0.25, -0.2) is 9.78 Å². The Bertz CT molecular complexity index is 872. The summed E-state index contributed by atoms with van der Waals surface area (Å²) in [7, 11) is 1.98. The van der Waals surface area contributed by atoms with E-state index in [0.29, 0.717) is 6.61 Å². The summed E-state index contributed by atoms with van der Waals surface area (Å²) >= 11 is 0. The summed E-state index contributed by atoms with van der Waals surface area (Å²) < 4.78 is 7.89. The number of aromatic nitrogens is 2. The molecule has 2 unspecified atom stereocenters. The Hall–Kier alpha value is -2.34. The normalized spacial score (nSPS) is 23.3. The number of nitrogens with zero attached hydrogens (tertiary/aromatic N) is 2. The summed E-state index contributed by atoms with van der Waals surface area (Å²) in [4.78, 5) is 17.3. The maximum atomic E-state index is 12.9. The fourth-order valence-electron chi connectivity index (χ4n) is 5.10. The molecule has 1 aliphatic heterocycles. The van der Waals surface area contributed by atoms with Crippen molar-refractivity contribution in [2.75, 3.05) is 11.9 Å². The van der Waals surface area contributed by atoms with Gasteiger partial charge in [-0.2, -0.15) is 0 Å². The first-order chi connectivity index (χ1) is 13.7. The molecule has 0 bridgehead atoms. The maximum absolute atomic E-state index is 12.9. The van der Waals surface area contributed by atoms with E-state index in [-0.39, 0.29) is 18.2 Å². The largest absolute Gasteiger partial charge is 0.370 e. The first kappa shape index (κ1) is 17.7. The monoisotopic (exact) mass is 380 g/mol. The highest BCUT2D eigenvalue weighted by Gasteiger charge is 2.29. The third-order valence-corrected chi connectivity index (χ3v) is 6.48. The second-order valence-corrected chi connectivity index (χ2v) is 8.31. The standard InChI is InChI=1S/C22H28N4O2/c1-26-10-9-23-21(26)19-13-16(8-11-28-19)24-22(27)25-20-17-6-2-4-14(17)12-15-5-3-7-18(15)20/h9-10,12,16,19H,2-8,11,13H2,1H3,(H2,24,25,27). The van der Waals surface area contributed by atoms with Gasteiger partial charge in [-0.05, 0) is 67.2 Å². The van der Waals surface area contributed by atoms with Crippen LogP contribution in [0.15, 0.2) is 18.5 Å². The number of carbonyl (C=O) groups is 1. The minimum absolute atomic E-state index is 0.0655. The zero-order valence-corrected chi connectivity index (χ0v) is 16.5. The lowest BCUT2D eigenvalue weighted by Gasteiger charge is -2.30. The van der Waals surface area contributed by atoms with Gasteiger partial charge in [-0.15, -0.1) is 0 Å². The number of nitrogens with one attached hydrogen (secondary N) is 2. The minimum atomic E-state index is -0.0834. The number of aryl methyl sites for hydroxylation is 3. The molecule has 3 aliphatic rings. The van der Waals surface area contributed by atoms with E-state index in [0.717, 1.165) is 50.0 Å². The van der Waals surface area contributed by atoms with Crippen molar-refractivity contribution in [1.82, 2.24) is 14.9 Å². The van der Waals surface area contributed by atoms with Crippen LogP contribution in [0, 0.1) is 0 Å². The van der Waals surface area contributed by atoms with Crippen LogP contribution in [0.2, 0.25) is 0 Å². The van der Waals surface area contributed by atoms with Crippen molar-refractivity contribution in [1.29, 1.82) is 0 Å². The van der Waals surface area contributed by atoms with Crippen LogP contribution in [-0.4, -0.2) is 28.2 Å². The summed E-state index contributed by atoms with van der Waals surface area (Å²) in [6.07, 6.45) is 12.1. The molecule has 1 saturated heterocycles. The first-order valence-electron chi connectivity index (χ1n) is 10.5. The van der Waals surface area contributed by atoms with E-state index in [1.807, 2.05) is 17.8 Å². The van der Waals surface area contributed by atoms with Crippen LogP contribution in [0.25, 0.3) is 0 Å². The summed E-state index contributed by atoms with van der Waals surface area (Å²) in [6.45, 7) is 0.638. The quantitative estimate of drug-likeness (QED) is 0.857. The van der Waals surface area contributed by atoms with Gasteiger partial charge in [0.05, 0.1) is 0 Å². The second-order valence-electron chi connectivity index (χ2n) is 8.31. The Balaban J connectivity index is 1.29. The lowest BCUT2D eigenvalue weighted by atomic mass is 9.98. The zero-order valence-electron chi connectivity index (χ0n) is 16.5. The average Bonchev–Trinajstić information content (AvgIpc) is 3.42. The van der Waals surface area contributed by atoms with Gasteiger partial charge in [0.15, 0.2) is 0 Å². The Morgan fingerprint density at radius 1 is 1.18 bits per heavy atom. The molecular formula is C22H28N4O2. The number of fused-ring (bicyclic) bond motifs is 2. The van der Waals surface area contributed by atoms with E-state index in [1.165, 1.54) is 35.1 Å². The Kier molecular flexibility index (Phi) is 4.59. The molecule has 2 aromatic rings. The second kappa shape index (κ2) is 7.24. The van der Waals surface area contributed by atoms with Gasteiger partial charge in [0.2, 0.25) is 0 Å². The molecule has 2 atom stereocenters. The molecular weight excluding hydrogens is 352 g/mol. The van der Waals surface area contributed by atoms with Crippen molar-refractivity contribution < 1.29 is 9.53 Å². The van der Waals surface area contributed by atoms with E-state index >= 15 is 0 Å². The smallest absolute Gasteiger partial charge is 0.319 e. The molecule has 0 saturated carbocycles. The summed E-state index contributed by atoms with van der Waals surface area (Å²) in [5.41, 5.74) is 6.73. The highest BCUT2D eigenvalue weighted by molar-refractivity contribution is 5.92. The van der Waals surface area contributed by atoms with Crippen LogP contribution in [0.4, 0.5) is 10.5 Å². The molecule has 1 aromatic carbocycles. The number of amides is 2. The van der Waals surface area contributed by atoms with Crippen molar-refractivity contribution in [2.45, 2.75) is 63.5 Å². The fourth-order valence-corrected chi connectivity index (χ4v) is 5.10. The van der Waals surface area contributed by atoms with Gasteiger partial charge in [0.25, 0.3) is 0 Å². The number of ether oxygens (including phenoxy) is 1. The first-order valence-corrected chi connectivity index (χ1v) is 10.5. The van der Waals surface area contributed by atoms with Crippen LogP contribution >= 0.6 is 0 Å². The van der Waals surface area contributed by atoms with Crippen molar-refractivity contribution in [3.05, 3.63) is 46.5 Å². The molecule has 2 aliphatic carbocycles. The summed E-state index contributed by atoms with van der Waals surface area (Å²) in [6, 6.07) is 2.41. The fraction of sp³-hybridized carbons (Fsp3) is 0.545. The SMILES string of the molecule is Cn1ccnc1C1CC(NC(=O)Nc2c3c(cc4c2CCC4)CCC3)CCO1. The molecule has 0 radical (unpaired) electrons. The van der Waals surface area contributed by atoms with E-state index < -0.39 is 0 Å². The maximum Gasteiger partial charge on any atom is 0.319 e. The van der Waals surface area contributed by atoms with Crippen molar-refractivity contribution in [3.8, 4) is 0 Å². The Morgan fingerprint density at radius 3 is 2.61 bits per heavy atom. The third-order valence-electron chi connectivity index (χ3n) is 6.48. The summed E-state index contributed by atoms with van der Waals surface area (Å²) in [5.74, 6) is 0.922. The van der Waals surface area contributed by atoms with Crippen molar-refractivity contribution in [3.63, 3.8) is 0 Å². The summed E-state index contributed by atoms with van der Waals surface area (Å²) in [5, 5.41) is 6.43. The molecule has 1 fully saturated rings. The minimum Gasteiger partial charge on any atom is -0.370 e. The van der Waals surface area contributed by atoms with Gasteiger partial charge >= 0.3 is 6.03 Å². The highest BCUT2D eigenvalue weighted by Crippen LogP contribution is 2.38. The number of hydrogen-bond donors (Lipinski definition) is 2. The van der Waals surface area contributed by atoms with Gasteiger partial charge in [-0.1, -0.05) is 6.07 Å². The molecule has 2 amide bonds. The molecule has 6 heteroatoms. The number of anilines is 1. The molecule has 6 nitrogen and oxygen atoms in total. The van der Waals surface area contributed by atoms with E-state index in [4.69, 9.17) is 4.74 Å². The number of rotatable bonds is 3. The van der Waals surface area contributed by atoms with Crippen LogP contribution in [-0.2, 0) is 37.5 Å². The lowest BCUT2D eigenvalue weighted by molar-refractivity contribution is -0.00410. The zero-order chi connectivity index (χ0) is 19.1. The predicted octanol–water partition coefficient (Wildman–Crippen LogP) is 3.44. The van der Waals surface area contributed by atoms with Crippen LogP contribution in [0.3, 0.4) is 0 Å². The number of carbonyl (C=O) groups excluding carboxylic acids is 1.